The molecule has 3 aromatic carbocycles. The molecule has 0 aromatic heterocycles. The normalized spacial score (nSPS) is 29.7. The van der Waals surface area contributed by atoms with Gasteiger partial charge in [-0.05, 0) is 92.8 Å². The first-order valence-electron chi connectivity index (χ1n) is 17.9. The van der Waals surface area contributed by atoms with Gasteiger partial charge in [0, 0.05) is 31.6 Å². The number of aryl methyl sites for hydroxylation is 2. The molecule has 51 heavy (non-hydrogen) atoms. The number of allylic oxidation sites excluding steroid dienone is 2. The third kappa shape index (κ3) is 5.18. The highest BCUT2D eigenvalue weighted by Crippen LogP contribution is 2.64. The van der Waals surface area contributed by atoms with Gasteiger partial charge in [-0.3, -0.25) is 29.0 Å². The van der Waals surface area contributed by atoms with Crippen molar-refractivity contribution in [2.24, 2.45) is 29.1 Å². The summed E-state index contributed by atoms with van der Waals surface area (Å²) in [5.41, 5.74) is 3.10. The van der Waals surface area contributed by atoms with Crippen LogP contribution < -0.4 is 4.90 Å². The van der Waals surface area contributed by atoms with Crippen molar-refractivity contribution in [3.63, 3.8) is 0 Å². The van der Waals surface area contributed by atoms with Crippen LogP contribution in [0.25, 0.3) is 0 Å². The number of nitrogens with zero attached hydrogens (tertiary/aromatic N) is 3. The Morgan fingerprint density at radius 3 is 2.25 bits per heavy atom. The molecule has 0 unspecified atom stereocenters. The van der Waals surface area contributed by atoms with E-state index in [0.717, 1.165) is 41.7 Å². The highest BCUT2D eigenvalue weighted by molar-refractivity contribution is 6.31. The zero-order chi connectivity index (χ0) is 35.9. The fourth-order valence-electron chi connectivity index (χ4n) is 9.98. The third-order valence-electron chi connectivity index (χ3n) is 12.5. The molecule has 5 aliphatic rings. The number of likely N-dealkylation sites (tertiary alicyclic amines) is 2. The molecular weight excluding hydrogens is 669 g/mol. The van der Waals surface area contributed by atoms with Gasteiger partial charge in [0.1, 0.15) is 11.6 Å². The molecule has 1 saturated carbocycles. The molecule has 3 aliphatic heterocycles. The van der Waals surface area contributed by atoms with Crippen LogP contribution in [-0.2, 0) is 25.7 Å². The highest BCUT2D eigenvalue weighted by atomic mass is 35.5. The molecule has 2 aliphatic carbocycles. The maximum atomic E-state index is 14.7. The predicted octanol–water partition coefficient (Wildman–Crippen LogP) is 6.70. The number of anilines is 1. The molecular formula is C41H41ClFN3O5. The fourth-order valence-corrected chi connectivity index (χ4v) is 10.2. The monoisotopic (exact) mass is 709 g/mol. The van der Waals surface area contributed by atoms with Crippen LogP contribution >= 0.6 is 11.6 Å². The lowest BCUT2D eigenvalue weighted by molar-refractivity contribution is -0.144. The van der Waals surface area contributed by atoms with E-state index in [4.69, 9.17) is 11.6 Å². The summed E-state index contributed by atoms with van der Waals surface area (Å²) in [6.07, 6.45) is 4.05. The Morgan fingerprint density at radius 1 is 0.902 bits per heavy atom. The number of fused-ring (bicyclic) bond motifs is 4. The van der Waals surface area contributed by atoms with Crippen molar-refractivity contribution in [2.45, 2.75) is 65.0 Å². The predicted molar refractivity (Wildman–Crippen MR) is 190 cm³/mol. The Kier molecular flexibility index (Phi) is 8.22. The number of carbonyl (C=O) groups excluding carboxylic acids is 4. The Bertz CT molecular complexity index is 1990. The van der Waals surface area contributed by atoms with Crippen molar-refractivity contribution in [1.82, 2.24) is 9.80 Å². The standard InChI is InChI=1S/C41H41ClFN3O5/c1-22-17-25(18-23(2)36(22)47)35-28-10-11-29-34(39(50)45(37(29)48)26-13-15-44(16-14-26)21-24-7-5-4-6-8-24)30(28)20-31-38(49)46(40(51)41(31,35)3)27-9-12-33(43)32(42)19-27/h4-10,12,17-19,26,29-31,34-35,47H,11,13-16,20-21H2,1-3H3/t29-,30+,31-,34-,35-,41+/m0/s1. The van der Waals surface area contributed by atoms with E-state index < -0.39 is 52.6 Å². The van der Waals surface area contributed by atoms with Crippen molar-refractivity contribution in [2.75, 3.05) is 18.0 Å². The van der Waals surface area contributed by atoms with Gasteiger partial charge in [-0.15, -0.1) is 0 Å². The molecule has 264 valence electrons. The first-order chi connectivity index (χ1) is 24.4. The summed E-state index contributed by atoms with van der Waals surface area (Å²) >= 11 is 6.13. The van der Waals surface area contributed by atoms with E-state index in [1.807, 2.05) is 43.3 Å². The van der Waals surface area contributed by atoms with Gasteiger partial charge in [-0.25, -0.2) is 9.29 Å². The second-order valence-corrected chi connectivity index (χ2v) is 15.7. The van der Waals surface area contributed by atoms with E-state index in [2.05, 4.69) is 17.0 Å². The average molecular weight is 710 g/mol. The number of aromatic hydroxyl groups is 1. The van der Waals surface area contributed by atoms with E-state index in [9.17, 15) is 28.7 Å². The van der Waals surface area contributed by atoms with Gasteiger partial charge >= 0.3 is 0 Å². The van der Waals surface area contributed by atoms with E-state index in [1.54, 1.807) is 13.8 Å². The van der Waals surface area contributed by atoms with Crippen LogP contribution in [-0.4, -0.2) is 57.7 Å². The van der Waals surface area contributed by atoms with Crippen LogP contribution in [0.3, 0.4) is 0 Å². The van der Waals surface area contributed by atoms with Gasteiger partial charge in [0.15, 0.2) is 0 Å². The Hall–Kier alpha value is -4.34. The molecule has 4 amide bonds. The average Bonchev–Trinajstić information content (AvgIpc) is 3.48. The van der Waals surface area contributed by atoms with Crippen molar-refractivity contribution in [3.05, 3.63) is 105 Å². The summed E-state index contributed by atoms with van der Waals surface area (Å²) in [5.74, 6) is -4.68. The van der Waals surface area contributed by atoms with Crippen LogP contribution in [0, 0.1) is 48.8 Å². The van der Waals surface area contributed by atoms with Crippen molar-refractivity contribution >= 4 is 40.9 Å². The largest absolute Gasteiger partial charge is 0.507 e. The lowest BCUT2D eigenvalue weighted by Gasteiger charge is -2.49. The number of carbonyl (C=O) groups is 4. The molecule has 3 aromatic rings. The summed E-state index contributed by atoms with van der Waals surface area (Å²) in [6, 6.07) is 17.6. The van der Waals surface area contributed by atoms with Crippen LogP contribution in [0.2, 0.25) is 5.02 Å². The quantitative estimate of drug-likeness (QED) is 0.234. The zero-order valence-electron chi connectivity index (χ0n) is 28.9. The Morgan fingerprint density at radius 2 is 1.59 bits per heavy atom. The van der Waals surface area contributed by atoms with Crippen LogP contribution in [0.1, 0.15) is 60.8 Å². The highest BCUT2D eigenvalue weighted by Gasteiger charge is 2.68. The molecule has 0 bridgehead atoms. The smallest absolute Gasteiger partial charge is 0.241 e. The molecule has 1 N–H and O–H groups in total. The number of amides is 4. The van der Waals surface area contributed by atoms with E-state index in [1.165, 1.54) is 22.6 Å². The minimum atomic E-state index is -1.25. The Balaban J connectivity index is 1.14. The topological polar surface area (TPSA) is 98.2 Å². The first-order valence-corrected chi connectivity index (χ1v) is 18.2. The van der Waals surface area contributed by atoms with Gasteiger partial charge < -0.3 is 5.11 Å². The van der Waals surface area contributed by atoms with E-state index in [0.29, 0.717) is 30.4 Å². The van der Waals surface area contributed by atoms with Gasteiger partial charge in [-0.1, -0.05) is 65.7 Å². The maximum absolute atomic E-state index is 14.7. The number of hydrogen-bond acceptors (Lipinski definition) is 6. The Labute approximate surface area is 301 Å². The third-order valence-corrected chi connectivity index (χ3v) is 12.8. The summed E-state index contributed by atoms with van der Waals surface area (Å²) in [6.45, 7) is 7.79. The van der Waals surface area contributed by atoms with Crippen molar-refractivity contribution < 1.29 is 28.7 Å². The summed E-state index contributed by atoms with van der Waals surface area (Å²) in [4.78, 5) is 62.8. The first kappa shape index (κ1) is 33.8. The van der Waals surface area contributed by atoms with Crippen LogP contribution in [0.15, 0.2) is 72.3 Å². The molecule has 0 spiro atoms. The summed E-state index contributed by atoms with van der Waals surface area (Å²) in [5, 5.41) is 10.5. The molecule has 8 nitrogen and oxygen atoms in total. The molecule has 3 heterocycles. The number of rotatable bonds is 5. The number of piperidine rings is 1. The van der Waals surface area contributed by atoms with Gasteiger partial charge in [0.05, 0.1) is 33.9 Å². The fraction of sp³-hybridized carbons (Fsp3) is 0.415. The summed E-state index contributed by atoms with van der Waals surface area (Å²) in [7, 11) is 0. The second kappa shape index (κ2) is 12.4. The zero-order valence-corrected chi connectivity index (χ0v) is 29.7. The number of phenolic OH excluding ortho intramolecular Hbond substituents is 1. The van der Waals surface area contributed by atoms with Gasteiger partial charge in [0.2, 0.25) is 23.6 Å². The van der Waals surface area contributed by atoms with E-state index >= 15 is 0 Å². The molecule has 10 heteroatoms. The number of benzene rings is 3. The maximum Gasteiger partial charge on any atom is 0.241 e. The van der Waals surface area contributed by atoms with Crippen LogP contribution in [0.4, 0.5) is 10.1 Å². The van der Waals surface area contributed by atoms with Crippen LogP contribution in [0.5, 0.6) is 5.75 Å². The molecule has 6 atom stereocenters. The minimum absolute atomic E-state index is 0.139. The number of imide groups is 2. The summed E-state index contributed by atoms with van der Waals surface area (Å²) < 4.78 is 14.2. The van der Waals surface area contributed by atoms with Crippen molar-refractivity contribution in [3.8, 4) is 5.75 Å². The lowest BCUT2D eigenvalue weighted by atomic mass is 9.51. The SMILES string of the molecule is Cc1cc([C@H]2C3=CC[C@@H]4C(=O)N(C5CCN(Cc6ccccc6)CC5)C(=O)[C@@H]4[C@@H]3C[C@H]3C(=O)N(c4ccc(F)c(Cl)c4)C(=O)[C@@]23C)cc(C)c1O. The minimum Gasteiger partial charge on any atom is -0.507 e. The van der Waals surface area contributed by atoms with Crippen molar-refractivity contribution in [1.29, 1.82) is 0 Å². The number of halogens is 2. The number of hydrogen-bond donors (Lipinski definition) is 1. The molecule has 3 saturated heterocycles. The number of phenols is 1. The van der Waals surface area contributed by atoms with E-state index in [-0.39, 0.29) is 40.7 Å². The molecule has 0 radical (unpaired) electrons. The van der Waals surface area contributed by atoms with Gasteiger partial charge in [-0.2, -0.15) is 0 Å². The second-order valence-electron chi connectivity index (χ2n) is 15.3. The molecule has 8 rings (SSSR count). The van der Waals surface area contributed by atoms with Gasteiger partial charge in [0.25, 0.3) is 0 Å². The lowest BCUT2D eigenvalue weighted by Crippen LogP contribution is -2.49. The molecule has 4 fully saturated rings.